The van der Waals surface area contributed by atoms with E-state index in [1.165, 1.54) is 0 Å². The zero-order valence-corrected chi connectivity index (χ0v) is 21.2. The van der Waals surface area contributed by atoms with E-state index in [2.05, 4.69) is 5.32 Å². The Kier molecular flexibility index (Phi) is 7.54. The Morgan fingerprint density at radius 2 is 1.47 bits per heavy atom. The van der Waals surface area contributed by atoms with E-state index in [9.17, 15) is 14.7 Å². The number of carbonyl (C=O) groups excluding carboxylic acids is 1. The molecule has 1 fully saturated rings. The van der Waals surface area contributed by atoms with Gasteiger partial charge in [-0.3, -0.25) is 9.59 Å². The van der Waals surface area contributed by atoms with Gasteiger partial charge in [-0.2, -0.15) is 0 Å². The summed E-state index contributed by atoms with van der Waals surface area (Å²) in [5.74, 6) is -1.23. The maximum atomic E-state index is 12.1. The van der Waals surface area contributed by atoms with Crippen molar-refractivity contribution in [3.63, 3.8) is 0 Å². The Labute approximate surface area is 192 Å². The summed E-state index contributed by atoms with van der Waals surface area (Å²) in [6.45, 7) is 19.8. The van der Waals surface area contributed by atoms with Gasteiger partial charge in [0.2, 0.25) is 0 Å². The second-order valence-electron chi connectivity index (χ2n) is 10.6. The summed E-state index contributed by atoms with van der Waals surface area (Å²) >= 11 is 0. The van der Waals surface area contributed by atoms with Crippen molar-refractivity contribution in [3.8, 4) is 0 Å². The molecule has 0 spiro atoms. The Morgan fingerprint density at radius 1 is 0.969 bits per heavy atom. The topological polar surface area (TPSA) is 94.1 Å². The predicted molar refractivity (Wildman–Crippen MR) is 125 cm³/mol. The minimum absolute atomic E-state index is 0.0596. The second-order valence-corrected chi connectivity index (χ2v) is 10.6. The van der Waals surface area contributed by atoms with Crippen molar-refractivity contribution in [2.75, 3.05) is 6.54 Å². The summed E-state index contributed by atoms with van der Waals surface area (Å²) < 4.78 is 18.0. The van der Waals surface area contributed by atoms with E-state index in [1.807, 2.05) is 69.2 Å². The van der Waals surface area contributed by atoms with Crippen LogP contribution in [0.1, 0.15) is 76.3 Å². The predicted octanol–water partition coefficient (Wildman–Crippen LogP) is 2.97. The summed E-state index contributed by atoms with van der Waals surface area (Å²) in [4.78, 5) is 23.7. The molecule has 0 atom stereocenters. The zero-order chi connectivity index (χ0) is 24.6. The highest BCUT2D eigenvalue weighted by Gasteiger charge is 2.52. The third kappa shape index (κ3) is 5.72. The minimum atomic E-state index is -0.896. The molecule has 8 heteroatoms. The van der Waals surface area contributed by atoms with Crippen LogP contribution in [0.4, 0.5) is 0 Å². The highest BCUT2D eigenvalue weighted by atomic mass is 16.7. The van der Waals surface area contributed by atoms with E-state index in [1.54, 1.807) is 0 Å². The molecule has 178 valence electrons. The summed E-state index contributed by atoms with van der Waals surface area (Å²) in [5.41, 5.74) is 3.74. The van der Waals surface area contributed by atoms with Gasteiger partial charge in [-0.1, -0.05) is 0 Å². The van der Waals surface area contributed by atoms with Crippen LogP contribution in [0.15, 0.2) is 0 Å². The van der Waals surface area contributed by atoms with Crippen LogP contribution in [-0.4, -0.2) is 47.5 Å². The fourth-order valence-electron chi connectivity index (χ4n) is 4.01. The smallest absolute Gasteiger partial charge is 0.481 e. The van der Waals surface area contributed by atoms with Crippen LogP contribution < -0.4 is 10.8 Å². The molecule has 0 aliphatic carbocycles. The van der Waals surface area contributed by atoms with Crippen molar-refractivity contribution in [1.82, 2.24) is 5.32 Å². The molecule has 0 bridgehead atoms. The molecule has 1 aromatic rings. The van der Waals surface area contributed by atoms with Crippen LogP contribution in [0, 0.1) is 20.8 Å². The number of carboxylic acid groups (broad SMARTS) is 1. The fraction of sp³-hybridized carbons (Fsp3) is 0.667. The van der Waals surface area contributed by atoms with E-state index in [0.717, 1.165) is 33.3 Å². The lowest BCUT2D eigenvalue weighted by Crippen LogP contribution is -2.41. The summed E-state index contributed by atoms with van der Waals surface area (Å²) in [6, 6.07) is 0. The molecule has 0 saturated carbocycles. The Balaban J connectivity index is 2.43. The highest BCUT2D eigenvalue weighted by molar-refractivity contribution is 6.63. The molecule has 0 amide bonds. The zero-order valence-electron chi connectivity index (χ0n) is 21.2. The lowest BCUT2D eigenvalue weighted by molar-refractivity contribution is -0.153. The van der Waals surface area contributed by atoms with Gasteiger partial charge in [0.1, 0.15) is 5.60 Å². The van der Waals surface area contributed by atoms with Crippen LogP contribution in [0.5, 0.6) is 0 Å². The quantitative estimate of drug-likeness (QED) is 0.490. The summed E-state index contributed by atoms with van der Waals surface area (Å²) in [6.07, 6.45) is -0.0937. The first-order chi connectivity index (χ1) is 14.5. The van der Waals surface area contributed by atoms with E-state index in [0.29, 0.717) is 6.54 Å². The first-order valence-electron chi connectivity index (χ1n) is 11.1. The molecule has 0 unspecified atom stereocenters. The van der Waals surface area contributed by atoms with Crippen LogP contribution in [0.25, 0.3) is 0 Å². The average Bonchev–Trinajstić information content (AvgIpc) is 2.80. The van der Waals surface area contributed by atoms with Crippen LogP contribution in [0.2, 0.25) is 0 Å². The van der Waals surface area contributed by atoms with Gasteiger partial charge in [-0.05, 0) is 103 Å². The molecule has 1 saturated heterocycles. The number of benzene rings is 1. The number of rotatable bonds is 7. The van der Waals surface area contributed by atoms with E-state index in [-0.39, 0.29) is 18.9 Å². The largest absolute Gasteiger partial charge is 0.495 e. The lowest BCUT2D eigenvalue weighted by Gasteiger charge is -2.32. The summed E-state index contributed by atoms with van der Waals surface area (Å²) in [7, 11) is -0.599. The number of carbonyl (C=O) groups is 2. The van der Waals surface area contributed by atoms with Crippen LogP contribution >= 0.6 is 0 Å². The standard InChI is InChI=1S/C24H38BNO6/c1-14-17(11-19(27)28)15(2)21(25-31-23(7,8)24(9,10)32-25)16(3)18(14)12-26-13-20(29)30-22(4,5)6/h26H,11-13H2,1-10H3,(H,27,28). The lowest BCUT2D eigenvalue weighted by atomic mass is 9.69. The van der Waals surface area contributed by atoms with Crippen molar-refractivity contribution in [3.05, 3.63) is 27.8 Å². The molecular formula is C24H38BNO6. The van der Waals surface area contributed by atoms with Gasteiger partial charge in [0.15, 0.2) is 0 Å². The molecule has 32 heavy (non-hydrogen) atoms. The SMILES string of the molecule is Cc1c(CNCC(=O)OC(C)(C)C)c(C)c(B2OC(C)(C)C(C)(C)O2)c(C)c1CC(=O)O. The minimum Gasteiger partial charge on any atom is -0.481 e. The van der Waals surface area contributed by atoms with E-state index >= 15 is 0 Å². The van der Waals surface area contributed by atoms with E-state index in [4.69, 9.17) is 14.0 Å². The Morgan fingerprint density at radius 3 is 1.94 bits per heavy atom. The van der Waals surface area contributed by atoms with Crippen molar-refractivity contribution >= 4 is 24.5 Å². The highest BCUT2D eigenvalue weighted by Crippen LogP contribution is 2.37. The van der Waals surface area contributed by atoms with E-state index < -0.39 is 29.9 Å². The second kappa shape index (κ2) is 9.16. The molecule has 1 heterocycles. The molecule has 2 N–H and O–H groups in total. The number of carboxylic acids is 1. The number of esters is 1. The Hall–Kier alpha value is -1.90. The molecule has 1 aliphatic heterocycles. The number of ether oxygens (including phenoxy) is 1. The van der Waals surface area contributed by atoms with Gasteiger partial charge in [-0.25, -0.2) is 0 Å². The monoisotopic (exact) mass is 447 g/mol. The molecule has 1 aromatic carbocycles. The molecule has 1 aliphatic rings. The molecule has 2 rings (SSSR count). The average molecular weight is 447 g/mol. The maximum Gasteiger partial charge on any atom is 0.495 e. The van der Waals surface area contributed by atoms with Crippen LogP contribution in [0.3, 0.4) is 0 Å². The van der Waals surface area contributed by atoms with Crippen LogP contribution in [-0.2, 0) is 36.6 Å². The first-order valence-corrected chi connectivity index (χ1v) is 11.1. The number of hydrogen-bond donors (Lipinski definition) is 2. The maximum absolute atomic E-state index is 12.1. The van der Waals surface area contributed by atoms with Gasteiger partial charge in [0, 0.05) is 6.54 Å². The van der Waals surface area contributed by atoms with Gasteiger partial charge < -0.3 is 24.5 Å². The summed E-state index contributed by atoms with van der Waals surface area (Å²) in [5, 5.41) is 12.7. The van der Waals surface area contributed by atoms with Crippen molar-refractivity contribution < 1.29 is 28.7 Å². The Bertz CT molecular complexity index is 885. The third-order valence-corrected chi connectivity index (χ3v) is 6.43. The number of hydrogen-bond acceptors (Lipinski definition) is 6. The van der Waals surface area contributed by atoms with Gasteiger partial charge in [0.05, 0.1) is 24.2 Å². The number of aliphatic carboxylic acids is 1. The van der Waals surface area contributed by atoms with Crippen molar-refractivity contribution in [1.29, 1.82) is 0 Å². The van der Waals surface area contributed by atoms with Crippen molar-refractivity contribution in [2.45, 2.75) is 99.0 Å². The van der Waals surface area contributed by atoms with Gasteiger partial charge >= 0.3 is 19.1 Å². The first kappa shape index (κ1) is 26.4. The molecule has 0 aromatic heterocycles. The van der Waals surface area contributed by atoms with Gasteiger partial charge in [-0.15, -0.1) is 0 Å². The third-order valence-electron chi connectivity index (χ3n) is 6.43. The number of nitrogens with one attached hydrogen (secondary N) is 1. The van der Waals surface area contributed by atoms with Crippen molar-refractivity contribution in [2.24, 2.45) is 0 Å². The molecular weight excluding hydrogens is 409 g/mol. The van der Waals surface area contributed by atoms with Gasteiger partial charge in [0.25, 0.3) is 0 Å². The normalized spacial score (nSPS) is 17.5. The fourth-order valence-corrected chi connectivity index (χ4v) is 4.01. The molecule has 0 radical (unpaired) electrons. The molecule has 7 nitrogen and oxygen atoms in total.